The Bertz CT molecular complexity index is 964. The average Bonchev–Trinajstić information content (AvgIpc) is 3.25. The third-order valence-corrected chi connectivity index (χ3v) is 5.77. The molecule has 0 bridgehead atoms. The van der Waals surface area contributed by atoms with Gasteiger partial charge in [-0.3, -0.25) is 4.79 Å². The number of rotatable bonds is 4. The summed E-state index contributed by atoms with van der Waals surface area (Å²) in [5.74, 6) is 0.129. The summed E-state index contributed by atoms with van der Waals surface area (Å²) in [6, 6.07) is 8.13. The van der Waals surface area contributed by atoms with Gasteiger partial charge in [-0.05, 0) is 80.8 Å². The largest absolute Gasteiger partial charge is 0.785 e. The summed E-state index contributed by atoms with van der Waals surface area (Å²) in [6.45, 7) is 1.14. The van der Waals surface area contributed by atoms with Crippen molar-refractivity contribution >= 4 is 17.2 Å². The maximum absolute atomic E-state index is 12.6. The molecule has 0 spiro atoms. The number of benzene rings is 1. The normalized spacial score (nSPS) is 18.1. The number of carbonyl (C=O) groups excluding carboxylic acids is 1. The first-order valence-electron chi connectivity index (χ1n) is 10.2. The molecule has 150 valence electrons. The van der Waals surface area contributed by atoms with Crippen LogP contribution in [-0.4, -0.2) is 34.0 Å². The van der Waals surface area contributed by atoms with Gasteiger partial charge in [-0.1, -0.05) is 12.1 Å². The highest BCUT2D eigenvalue weighted by Crippen LogP contribution is 2.36. The monoisotopic (exact) mass is 390 g/mol. The van der Waals surface area contributed by atoms with Crippen molar-refractivity contribution in [3.05, 3.63) is 58.3 Å². The van der Waals surface area contributed by atoms with Crippen molar-refractivity contribution in [1.82, 2.24) is 15.0 Å². The van der Waals surface area contributed by atoms with Gasteiger partial charge in [0.1, 0.15) is 11.8 Å². The fourth-order valence-corrected chi connectivity index (χ4v) is 4.14. The van der Waals surface area contributed by atoms with E-state index in [1.54, 1.807) is 0 Å². The van der Waals surface area contributed by atoms with Gasteiger partial charge in [-0.15, -0.1) is 0 Å². The second-order valence-electron chi connectivity index (χ2n) is 7.69. The van der Waals surface area contributed by atoms with Crippen LogP contribution in [0.3, 0.4) is 0 Å². The first-order valence-corrected chi connectivity index (χ1v) is 10.2. The fourth-order valence-electron chi connectivity index (χ4n) is 4.14. The lowest BCUT2D eigenvalue weighted by atomic mass is 9.86. The standard InChI is InChI=1S/C22H24N5O2/c23-13-18-14-24-21(25-18)22(28)26-20-7-6-17(15-8-10-27(29)11-9-15)12-19(20)16-4-2-1-3-5-16/h4,6-7,12,14-15H,1-3,5,8-11H2,(H,24,25)(H,26,28)/q-1. The zero-order valence-corrected chi connectivity index (χ0v) is 16.3. The summed E-state index contributed by atoms with van der Waals surface area (Å²) < 4.78 is 0. The molecule has 2 aromatic rings. The van der Waals surface area contributed by atoms with E-state index in [9.17, 15) is 10.0 Å². The van der Waals surface area contributed by atoms with Gasteiger partial charge in [-0.25, -0.2) is 4.98 Å². The topological polar surface area (TPSA) is 108 Å². The molecule has 0 saturated carbocycles. The molecule has 2 heterocycles. The number of nitrogens with zero attached hydrogens (tertiary/aromatic N) is 3. The van der Waals surface area contributed by atoms with Crippen LogP contribution < -0.4 is 5.32 Å². The smallest absolute Gasteiger partial charge is 0.291 e. The molecular formula is C22H24N5O2-. The average molecular weight is 390 g/mol. The number of carbonyl (C=O) groups is 1. The zero-order valence-electron chi connectivity index (χ0n) is 16.3. The summed E-state index contributed by atoms with van der Waals surface area (Å²) in [5, 5.41) is 24.5. The van der Waals surface area contributed by atoms with E-state index in [-0.39, 0.29) is 17.4 Å². The Balaban J connectivity index is 1.62. The van der Waals surface area contributed by atoms with E-state index in [2.05, 4.69) is 33.5 Å². The lowest BCUT2D eigenvalue weighted by molar-refractivity contribution is 0.101. The van der Waals surface area contributed by atoms with Crippen LogP contribution in [0.2, 0.25) is 0 Å². The Morgan fingerprint density at radius 2 is 2.14 bits per heavy atom. The number of hydrogen-bond acceptors (Lipinski definition) is 5. The quantitative estimate of drug-likeness (QED) is 0.814. The van der Waals surface area contributed by atoms with Crippen LogP contribution in [0, 0.1) is 16.5 Å². The zero-order chi connectivity index (χ0) is 20.2. The number of piperidine rings is 1. The highest BCUT2D eigenvalue weighted by molar-refractivity contribution is 6.03. The minimum Gasteiger partial charge on any atom is -0.785 e. The molecule has 1 aliphatic carbocycles. The van der Waals surface area contributed by atoms with Gasteiger partial charge < -0.3 is 20.6 Å². The highest BCUT2D eigenvalue weighted by Gasteiger charge is 2.20. The van der Waals surface area contributed by atoms with Crippen molar-refractivity contribution in [2.24, 2.45) is 0 Å². The highest BCUT2D eigenvalue weighted by atomic mass is 16.5. The molecule has 29 heavy (non-hydrogen) atoms. The maximum atomic E-state index is 12.6. The van der Waals surface area contributed by atoms with E-state index in [1.165, 1.54) is 23.8 Å². The summed E-state index contributed by atoms with van der Waals surface area (Å²) in [7, 11) is 0. The molecule has 2 N–H and O–H groups in total. The van der Waals surface area contributed by atoms with E-state index in [0.29, 0.717) is 19.0 Å². The Morgan fingerprint density at radius 3 is 2.83 bits per heavy atom. The molecule has 1 aromatic heterocycles. The molecule has 1 saturated heterocycles. The molecule has 7 heteroatoms. The molecule has 1 aliphatic heterocycles. The molecule has 1 aromatic carbocycles. The third kappa shape index (κ3) is 4.39. The number of hydrogen-bond donors (Lipinski definition) is 2. The molecule has 0 atom stereocenters. The minimum absolute atomic E-state index is 0.122. The van der Waals surface area contributed by atoms with Gasteiger partial charge >= 0.3 is 0 Å². The van der Waals surface area contributed by atoms with Crippen LogP contribution in [0.5, 0.6) is 0 Å². The Kier molecular flexibility index (Phi) is 5.74. The Hall–Kier alpha value is -2.95. The second kappa shape index (κ2) is 8.60. The lowest BCUT2D eigenvalue weighted by Gasteiger charge is -2.36. The predicted octanol–water partition coefficient (Wildman–Crippen LogP) is 4.17. The Morgan fingerprint density at radius 1 is 1.31 bits per heavy atom. The number of allylic oxidation sites excluding steroid dienone is 2. The van der Waals surface area contributed by atoms with Gasteiger partial charge in [0.2, 0.25) is 0 Å². The SMILES string of the molecule is N#Cc1cnc(C(=O)Nc2ccc(C3CCN([O-])CC3)cc2C2=CCCCC2)[nH]1. The van der Waals surface area contributed by atoms with Crippen molar-refractivity contribution in [2.45, 2.75) is 44.4 Å². The second-order valence-corrected chi connectivity index (χ2v) is 7.69. The Labute approximate surface area is 170 Å². The first kappa shape index (κ1) is 19.4. The van der Waals surface area contributed by atoms with Gasteiger partial charge in [0, 0.05) is 11.3 Å². The molecule has 1 amide bonds. The number of aromatic amines is 1. The number of imidazole rings is 1. The summed E-state index contributed by atoms with van der Waals surface area (Å²) in [5.41, 5.74) is 4.54. The number of H-pyrrole nitrogens is 1. The molecule has 0 radical (unpaired) electrons. The number of hydroxylamine groups is 2. The van der Waals surface area contributed by atoms with Crippen LogP contribution in [0.4, 0.5) is 5.69 Å². The number of nitriles is 1. The van der Waals surface area contributed by atoms with Crippen LogP contribution in [0.1, 0.15) is 71.9 Å². The molecule has 2 aliphatic rings. The molecule has 0 unspecified atom stereocenters. The maximum Gasteiger partial charge on any atom is 0.291 e. The first-order chi connectivity index (χ1) is 14.1. The molecule has 4 rings (SSSR count). The van der Waals surface area contributed by atoms with Gasteiger partial charge in [0.25, 0.3) is 5.91 Å². The number of aromatic nitrogens is 2. The minimum atomic E-state index is -0.364. The van der Waals surface area contributed by atoms with Gasteiger partial charge in [-0.2, -0.15) is 5.26 Å². The summed E-state index contributed by atoms with van der Waals surface area (Å²) in [4.78, 5) is 19.3. The van der Waals surface area contributed by atoms with E-state index in [4.69, 9.17) is 5.26 Å². The van der Waals surface area contributed by atoms with E-state index >= 15 is 0 Å². The molecular weight excluding hydrogens is 366 g/mol. The summed E-state index contributed by atoms with van der Waals surface area (Å²) >= 11 is 0. The number of anilines is 1. The number of amides is 1. The van der Waals surface area contributed by atoms with Crippen molar-refractivity contribution in [1.29, 1.82) is 5.26 Å². The lowest BCUT2D eigenvalue weighted by Crippen LogP contribution is -2.27. The number of nitrogens with one attached hydrogen (secondary N) is 2. The van der Waals surface area contributed by atoms with Crippen LogP contribution in [0.15, 0.2) is 30.5 Å². The van der Waals surface area contributed by atoms with Crippen molar-refractivity contribution in [3.63, 3.8) is 0 Å². The van der Waals surface area contributed by atoms with Crippen LogP contribution in [-0.2, 0) is 0 Å². The molecule has 7 nitrogen and oxygen atoms in total. The third-order valence-electron chi connectivity index (χ3n) is 5.77. The van der Waals surface area contributed by atoms with E-state index < -0.39 is 0 Å². The van der Waals surface area contributed by atoms with Gasteiger partial charge in [0.05, 0.1) is 6.20 Å². The van der Waals surface area contributed by atoms with Gasteiger partial charge in [0.15, 0.2) is 5.82 Å². The van der Waals surface area contributed by atoms with Crippen molar-refractivity contribution in [2.75, 3.05) is 18.4 Å². The van der Waals surface area contributed by atoms with Crippen molar-refractivity contribution < 1.29 is 4.79 Å². The fraction of sp³-hybridized carbons (Fsp3) is 0.409. The van der Waals surface area contributed by atoms with Crippen LogP contribution in [0.25, 0.3) is 5.57 Å². The molecule has 1 fully saturated rings. The predicted molar refractivity (Wildman–Crippen MR) is 111 cm³/mol. The van der Waals surface area contributed by atoms with E-state index in [1.807, 2.05) is 12.1 Å². The van der Waals surface area contributed by atoms with Crippen LogP contribution >= 0.6 is 0 Å². The van der Waals surface area contributed by atoms with E-state index in [0.717, 1.165) is 48.4 Å². The summed E-state index contributed by atoms with van der Waals surface area (Å²) in [6.07, 6.45) is 9.70. The van der Waals surface area contributed by atoms with Crippen molar-refractivity contribution in [3.8, 4) is 6.07 Å².